The lowest BCUT2D eigenvalue weighted by Crippen LogP contribution is -2.38. The van der Waals surface area contributed by atoms with E-state index < -0.39 is 0 Å². The minimum absolute atomic E-state index is 0.0246. The van der Waals surface area contributed by atoms with E-state index in [1.54, 1.807) is 49.3 Å². The van der Waals surface area contributed by atoms with Crippen LogP contribution >= 0.6 is 11.8 Å². The van der Waals surface area contributed by atoms with Gasteiger partial charge in [0.25, 0.3) is 5.91 Å². The summed E-state index contributed by atoms with van der Waals surface area (Å²) in [5.74, 6) is 0.952. The van der Waals surface area contributed by atoms with E-state index in [0.717, 1.165) is 27.5 Å². The van der Waals surface area contributed by atoms with Gasteiger partial charge in [-0.15, -0.1) is 0 Å². The average Bonchev–Trinajstić information content (AvgIpc) is 3.45. The number of hydrogen-bond acceptors (Lipinski definition) is 5. The van der Waals surface area contributed by atoms with Crippen LogP contribution in [0, 0.1) is 0 Å². The Kier molecular flexibility index (Phi) is 6.37. The van der Waals surface area contributed by atoms with Crippen molar-refractivity contribution < 1.29 is 14.0 Å². The maximum atomic E-state index is 12.6. The molecule has 2 aromatic heterocycles. The lowest BCUT2D eigenvalue weighted by atomic mass is 10.1. The SMILES string of the molecule is CN(CC(=O)NCc1ccco1)C(=O)c1ccc(CSc2nc3ccccc3[nH]2)cc1. The highest BCUT2D eigenvalue weighted by Gasteiger charge is 2.15. The molecule has 0 aliphatic heterocycles. The van der Waals surface area contributed by atoms with E-state index in [2.05, 4.69) is 15.3 Å². The topological polar surface area (TPSA) is 91.2 Å². The minimum Gasteiger partial charge on any atom is -0.467 e. The number of likely N-dealkylation sites (N-methyl/N-ethyl adjacent to an activating group) is 1. The third-order valence-corrected chi connectivity index (χ3v) is 5.66. The molecule has 0 aliphatic rings. The van der Waals surface area contributed by atoms with Crippen LogP contribution in [0.2, 0.25) is 0 Å². The summed E-state index contributed by atoms with van der Waals surface area (Å²) in [5, 5.41) is 3.60. The van der Waals surface area contributed by atoms with Gasteiger partial charge in [-0.25, -0.2) is 4.98 Å². The zero-order valence-electron chi connectivity index (χ0n) is 17.0. The first kappa shape index (κ1) is 20.7. The van der Waals surface area contributed by atoms with Crippen molar-refractivity contribution in [3.05, 3.63) is 83.8 Å². The summed E-state index contributed by atoms with van der Waals surface area (Å²) in [5.41, 5.74) is 3.59. The van der Waals surface area contributed by atoms with Crippen LogP contribution in [0.15, 0.2) is 76.5 Å². The number of carbonyl (C=O) groups is 2. The molecule has 0 saturated carbocycles. The number of furan rings is 1. The molecule has 31 heavy (non-hydrogen) atoms. The molecular formula is C23H22N4O3S. The van der Waals surface area contributed by atoms with Crippen molar-refractivity contribution in [3.8, 4) is 0 Å². The predicted molar refractivity (Wildman–Crippen MR) is 120 cm³/mol. The van der Waals surface area contributed by atoms with Gasteiger partial charge in [0.15, 0.2) is 5.16 Å². The number of amides is 2. The Morgan fingerprint density at radius 2 is 1.90 bits per heavy atom. The van der Waals surface area contributed by atoms with Crippen LogP contribution in [0.3, 0.4) is 0 Å². The Morgan fingerprint density at radius 3 is 2.65 bits per heavy atom. The van der Waals surface area contributed by atoms with E-state index in [4.69, 9.17) is 4.42 Å². The molecule has 0 fully saturated rings. The van der Waals surface area contributed by atoms with Crippen molar-refractivity contribution in [1.29, 1.82) is 0 Å². The van der Waals surface area contributed by atoms with Gasteiger partial charge >= 0.3 is 0 Å². The standard InChI is InChI=1S/C23H22N4O3S/c1-27(14-21(28)24-13-18-5-4-12-30-18)22(29)17-10-8-16(9-11-17)15-31-23-25-19-6-2-3-7-20(19)26-23/h2-12H,13-15H2,1H3,(H,24,28)(H,25,26). The van der Waals surface area contributed by atoms with Crippen molar-refractivity contribution in [2.45, 2.75) is 17.5 Å². The van der Waals surface area contributed by atoms with Crippen LogP contribution in [0.5, 0.6) is 0 Å². The van der Waals surface area contributed by atoms with Gasteiger partial charge < -0.3 is 19.6 Å². The van der Waals surface area contributed by atoms with Gasteiger partial charge in [0, 0.05) is 18.4 Å². The molecule has 2 N–H and O–H groups in total. The first-order valence-corrected chi connectivity index (χ1v) is 10.8. The number of aromatic amines is 1. The van der Waals surface area contributed by atoms with Gasteiger partial charge in [0.2, 0.25) is 5.91 Å². The first-order chi connectivity index (χ1) is 15.1. The molecule has 2 amide bonds. The van der Waals surface area contributed by atoms with Gasteiger partial charge in [0.1, 0.15) is 5.76 Å². The maximum Gasteiger partial charge on any atom is 0.254 e. The van der Waals surface area contributed by atoms with Crippen LogP contribution in [0.25, 0.3) is 11.0 Å². The highest BCUT2D eigenvalue weighted by molar-refractivity contribution is 7.98. The molecule has 7 nitrogen and oxygen atoms in total. The number of benzene rings is 2. The normalized spacial score (nSPS) is 10.9. The highest BCUT2D eigenvalue weighted by atomic mass is 32.2. The molecule has 158 valence electrons. The van der Waals surface area contributed by atoms with E-state index in [-0.39, 0.29) is 18.4 Å². The zero-order chi connectivity index (χ0) is 21.6. The zero-order valence-corrected chi connectivity index (χ0v) is 17.8. The summed E-state index contributed by atoms with van der Waals surface area (Å²) in [6.45, 7) is 0.272. The molecule has 0 saturated heterocycles. The number of fused-ring (bicyclic) bond motifs is 1. The second-order valence-electron chi connectivity index (χ2n) is 7.06. The molecule has 0 bridgehead atoms. The van der Waals surface area contributed by atoms with Crippen molar-refractivity contribution in [2.24, 2.45) is 0 Å². The maximum absolute atomic E-state index is 12.6. The van der Waals surface area contributed by atoms with Gasteiger partial charge in [-0.3, -0.25) is 9.59 Å². The number of H-pyrrole nitrogens is 1. The first-order valence-electron chi connectivity index (χ1n) is 9.79. The molecule has 2 heterocycles. The summed E-state index contributed by atoms with van der Waals surface area (Å²) in [6.07, 6.45) is 1.55. The summed E-state index contributed by atoms with van der Waals surface area (Å²) in [4.78, 5) is 33.9. The smallest absolute Gasteiger partial charge is 0.254 e. The fourth-order valence-electron chi connectivity index (χ4n) is 3.06. The number of nitrogens with one attached hydrogen (secondary N) is 2. The van der Waals surface area contributed by atoms with Gasteiger partial charge in [-0.2, -0.15) is 0 Å². The fraction of sp³-hybridized carbons (Fsp3) is 0.174. The van der Waals surface area contributed by atoms with Crippen molar-refractivity contribution in [3.63, 3.8) is 0 Å². The largest absolute Gasteiger partial charge is 0.467 e. The van der Waals surface area contributed by atoms with Gasteiger partial charge in [-0.05, 0) is 42.0 Å². The number of rotatable bonds is 8. The molecule has 0 unspecified atom stereocenters. The summed E-state index contributed by atoms with van der Waals surface area (Å²) in [7, 11) is 1.61. The quantitative estimate of drug-likeness (QED) is 0.411. The fourth-order valence-corrected chi connectivity index (χ4v) is 3.90. The highest BCUT2D eigenvalue weighted by Crippen LogP contribution is 2.23. The third kappa shape index (κ3) is 5.35. The lowest BCUT2D eigenvalue weighted by molar-refractivity contribution is -0.121. The van der Waals surface area contributed by atoms with Crippen LogP contribution in [-0.4, -0.2) is 40.3 Å². The number of aromatic nitrogens is 2. The van der Waals surface area contributed by atoms with E-state index in [9.17, 15) is 9.59 Å². The Morgan fingerprint density at radius 1 is 1.10 bits per heavy atom. The molecule has 4 rings (SSSR count). The Labute approximate surface area is 183 Å². The van der Waals surface area contributed by atoms with E-state index in [1.807, 2.05) is 36.4 Å². The van der Waals surface area contributed by atoms with E-state index >= 15 is 0 Å². The van der Waals surface area contributed by atoms with Crippen LogP contribution in [0.1, 0.15) is 21.7 Å². The summed E-state index contributed by atoms with van der Waals surface area (Å²) < 4.78 is 5.18. The Hall–Kier alpha value is -3.52. The van der Waals surface area contributed by atoms with Gasteiger partial charge in [-0.1, -0.05) is 36.0 Å². The lowest BCUT2D eigenvalue weighted by Gasteiger charge is -2.17. The number of imidazole rings is 1. The number of thioether (sulfide) groups is 1. The monoisotopic (exact) mass is 434 g/mol. The van der Waals surface area contributed by atoms with Crippen LogP contribution < -0.4 is 5.32 Å². The van der Waals surface area contributed by atoms with Crippen molar-refractivity contribution in [1.82, 2.24) is 20.2 Å². The number of hydrogen-bond donors (Lipinski definition) is 2. The number of para-hydroxylation sites is 2. The second kappa shape index (κ2) is 9.53. The Bertz CT molecular complexity index is 1140. The average molecular weight is 435 g/mol. The minimum atomic E-state index is -0.244. The van der Waals surface area contributed by atoms with Crippen molar-refractivity contribution in [2.75, 3.05) is 13.6 Å². The Balaban J connectivity index is 1.28. The number of nitrogens with zero attached hydrogens (tertiary/aromatic N) is 2. The second-order valence-corrected chi connectivity index (χ2v) is 8.03. The molecule has 8 heteroatoms. The molecule has 0 aliphatic carbocycles. The molecule has 4 aromatic rings. The molecule has 0 spiro atoms. The molecule has 2 aromatic carbocycles. The van der Waals surface area contributed by atoms with Gasteiger partial charge in [0.05, 0.1) is 30.4 Å². The third-order valence-electron chi connectivity index (χ3n) is 4.71. The predicted octanol–water partition coefficient (Wildman–Crippen LogP) is 3.84. The molecular weight excluding hydrogens is 412 g/mol. The summed E-state index contributed by atoms with van der Waals surface area (Å²) >= 11 is 1.61. The summed E-state index contributed by atoms with van der Waals surface area (Å²) in [6, 6.07) is 18.9. The van der Waals surface area contributed by atoms with Crippen molar-refractivity contribution >= 4 is 34.6 Å². The number of carbonyl (C=O) groups excluding carboxylic acids is 2. The van der Waals surface area contributed by atoms with Crippen LogP contribution in [0.4, 0.5) is 0 Å². The van der Waals surface area contributed by atoms with E-state index in [1.165, 1.54) is 4.90 Å². The molecule has 0 atom stereocenters. The van der Waals surface area contributed by atoms with E-state index in [0.29, 0.717) is 17.9 Å². The molecule has 0 radical (unpaired) electrons. The van der Waals surface area contributed by atoms with Crippen LogP contribution in [-0.2, 0) is 17.1 Å².